The predicted octanol–water partition coefficient (Wildman–Crippen LogP) is 3.08. The average molecular weight is 438 g/mol. The standard InChI is InChI=1S/C20H21F3N4O4/c1-3-5-9-27-16-15(17(28)25-19(27)30)26(4-2)14(24-16)11-31-18(29)12-7-6-8-13(10-12)20(21,22)23/h6-8,10H,3-5,9,11H2,1-2H3,(H,25,28,30). The van der Waals surface area contributed by atoms with Crippen LogP contribution in [0, 0.1) is 0 Å². The summed E-state index contributed by atoms with van der Waals surface area (Å²) in [5.74, 6) is -0.753. The fourth-order valence-electron chi connectivity index (χ4n) is 3.23. The molecule has 0 amide bonds. The summed E-state index contributed by atoms with van der Waals surface area (Å²) in [6, 6.07) is 3.90. The van der Waals surface area contributed by atoms with Crippen LogP contribution in [0.4, 0.5) is 13.2 Å². The third kappa shape index (κ3) is 4.54. The van der Waals surface area contributed by atoms with Gasteiger partial charge in [-0.1, -0.05) is 19.4 Å². The summed E-state index contributed by atoms with van der Waals surface area (Å²) in [6.45, 7) is 3.99. The molecule has 0 fully saturated rings. The topological polar surface area (TPSA) is 99.0 Å². The minimum absolute atomic E-state index is 0.170. The molecule has 0 aliphatic rings. The normalized spacial score (nSPS) is 11.8. The number of imidazole rings is 1. The number of carbonyl (C=O) groups excluding carboxylic acids is 1. The van der Waals surface area contributed by atoms with Crippen LogP contribution in [0.1, 0.15) is 48.4 Å². The van der Waals surface area contributed by atoms with E-state index < -0.39 is 29.0 Å². The van der Waals surface area contributed by atoms with Crippen LogP contribution in [-0.2, 0) is 30.6 Å². The number of ether oxygens (including phenoxy) is 1. The molecule has 2 heterocycles. The van der Waals surface area contributed by atoms with Crippen LogP contribution in [-0.4, -0.2) is 25.1 Å². The van der Waals surface area contributed by atoms with Crippen LogP contribution in [0.25, 0.3) is 11.2 Å². The third-order valence-electron chi connectivity index (χ3n) is 4.77. The van der Waals surface area contributed by atoms with Gasteiger partial charge in [-0.3, -0.25) is 14.3 Å². The van der Waals surface area contributed by atoms with E-state index in [9.17, 15) is 27.6 Å². The maximum atomic E-state index is 12.9. The predicted molar refractivity (Wildman–Crippen MR) is 106 cm³/mol. The molecule has 0 unspecified atom stereocenters. The highest BCUT2D eigenvalue weighted by Gasteiger charge is 2.31. The second-order valence-corrected chi connectivity index (χ2v) is 6.86. The fourth-order valence-corrected chi connectivity index (χ4v) is 3.23. The highest BCUT2D eigenvalue weighted by Crippen LogP contribution is 2.29. The summed E-state index contributed by atoms with van der Waals surface area (Å²) in [4.78, 5) is 43.5. The number of alkyl halides is 3. The summed E-state index contributed by atoms with van der Waals surface area (Å²) in [7, 11) is 0. The van der Waals surface area contributed by atoms with E-state index in [0.717, 1.165) is 18.6 Å². The van der Waals surface area contributed by atoms with Crippen LogP contribution < -0.4 is 11.2 Å². The van der Waals surface area contributed by atoms with Gasteiger partial charge in [0.2, 0.25) is 0 Å². The molecule has 0 aliphatic heterocycles. The van der Waals surface area contributed by atoms with Crippen LogP contribution >= 0.6 is 0 Å². The lowest BCUT2D eigenvalue weighted by atomic mass is 10.1. The summed E-state index contributed by atoms with van der Waals surface area (Å²) in [5.41, 5.74) is -2.07. The van der Waals surface area contributed by atoms with E-state index in [2.05, 4.69) is 9.97 Å². The van der Waals surface area contributed by atoms with Crippen molar-refractivity contribution in [1.29, 1.82) is 0 Å². The zero-order chi connectivity index (χ0) is 22.8. The second kappa shape index (κ2) is 8.78. The molecule has 3 rings (SSSR count). The zero-order valence-corrected chi connectivity index (χ0v) is 17.0. The molecule has 0 bridgehead atoms. The van der Waals surface area contributed by atoms with Crippen molar-refractivity contribution in [3.63, 3.8) is 0 Å². The van der Waals surface area contributed by atoms with E-state index in [1.54, 1.807) is 6.92 Å². The molecule has 0 spiro atoms. The molecule has 0 atom stereocenters. The van der Waals surface area contributed by atoms with Gasteiger partial charge in [-0.05, 0) is 31.5 Å². The van der Waals surface area contributed by atoms with Gasteiger partial charge in [0.05, 0.1) is 11.1 Å². The van der Waals surface area contributed by atoms with E-state index >= 15 is 0 Å². The molecule has 1 N–H and O–H groups in total. The molecular formula is C20H21F3N4O4. The van der Waals surface area contributed by atoms with E-state index in [0.29, 0.717) is 25.6 Å². The van der Waals surface area contributed by atoms with Gasteiger partial charge in [-0.15, -0.1) is 0 Å². The van der Waals surface area contributed by atoms with Crippen molar-refractivity contribution in [1.82, 2.24) is 19.1 Å². The molecule has 0 aliphatic carbocycles. The van der Waals surface area contributed by atoms with Gasteiger partial charge < -0.3 is 9.30 Å². The first kappa shape index (κ1) is 22.3. The van der Waals surface area contributed by atoms with Crippen molar-refractivity contribution in [2.24, 2.45) is 0 Å². The SMILES string of the molecule is CCCCn1c(=O)[nH]c(=O)c2c1nc(COC(=O)c1cccc(C(F)(F)F)c1)n2CC. The van der Waals surface area contributed by atoms with Crippen LogP contribution in [0.15, 0.2) is 33.9 Å². The number of aryl methyl sites for hydroxylation is 2. The first-order valence-electron chi connectivity index (χ1n) is 9.74. The lowest BCUT2D eigenvalue weighted by molar-refractivity contribution is -0.137. The van der Waals surface area contributed by atoms with Crippen molar-refractivity contribution in [3.8, 4) is 0 Å². The van der Waals surface area contributed by atoms with Gasteiger partial charge in [-0.25, -0.2) is 14.6 Å². The highest BCUT2D eigenvalue weighted by molar-refractivity contribution is 5.89. The number of H-pyrrole nitrogens is 1. The van der Waals surface area contributed by atoms with Crippen molar-refractivity contribution < 1.29 is 22.7 Å². The minimum atomic E-state index is -4.59. The number of aromatic amines is 1. The number of fused-ring (bicyclic) bond motifs is 1. The second-order valence-electron chi connectivity index (χ2n) is 6.86. The monoisotopic (exact) mass is 438 g/mol. The number of carbonyl (C=O) groups is 1. The average Bonchev–Trinajstić information content (AvgIpc) is 3.10. The van der Waals surface area contributed by atoms with Crippen LogP contribution in [0.2, 0.25) is 0 Å². The Balaban J connectivity index is 1.93. The number of nitrogens with zero attached hydrogens (tertiary/aromatic N) is 3. The maximum absolute atomic E-state index is 12.9. The molecule has 11 heteroatoms. The Kier molecular flexibility index (Phi) is 6.32. The van der Waals surface area contributed by atoms with Crippen molar-refractivity contribution in [2.45, 2.75) is 52.6 Å². The number of hydrogen-bond donors (Lipinski definition) is 1. The number of esters is 1. The third-order valence-corrected chi connectivity index (χ3v) is 4.77. The molecule has 2 aromatic heterocycles. The smallest absolute Gasteiger partial charge is 0.416 e. The fraction of sp³-hybridized carbons (Fsp3) is 0.400. The number of unbranched alkanes of at least 4 members (excludes halogenated alkanes) is 1. The largest absolute Gasteiger partial charge is 0.454 e. The van der Waals surface area contributed by atoms with Crippen LogP contribution in [0.5, 0.6) is 0 Å². The Labute approximate surface area is 174 Å². The minimum Gasteiger partial charge on any atom is -0.454 e. The number of hydrogen-bond acceptors (Lipinski definition) is 5. The number of aromatic nitrogens is 4. The Morgan fingerprint density at radius 2 is 1.94 bits per heavy atom. The summed E-state index contributed by atoms with van der Waals surface area (Å²) in [6.07, 6.45) is -3.07. The lowest BCUT2D eigenvalue weighted by Crippen LogP contribution is -2.31. The van der Waals surface area contributed by atoms with Crippen LogP contribution in [0.3, 0.4) is 0 Å². The summed E-state index contributed by atoms with van der Waals surface area (Å²) < 4.78 is 46.6. The Morgan fingerprint density at radius 1 is 1.19 bits per heavy atom. The number of benzene rings is 1. The Hall–Kier alpha value is -3.37. The van der Waals surface area contributed by atoms with Crippen molar-refractivity contribution >= 4 is 17.1 Å². The molecule has 3 aromatic rings. The van der Waals surface area contributed by atoms with Gasteiger partial charge in [0.25, 0.3) is 5.56 Å². The van der Waals surface area contributed by atoms with E-state index in [-0.39, 0.29) is 29.2 Å². The van der Waals surface area contributed by atoms with E-state index in [1.807, 2.05) is 6.92 Å². The zero-order valence-electron chi connectivity index (χ0n) is 17.0. The van der Waals surface area contributed by atoms with Crippen molar-refractivity contribution in [2.75, 3.05) is 0 Å². The van der Waals surface area contributed by atoms with E-state index in [4.69, 9.17) is 4.74 Å². The number of nitrogens with one attached hydrogen (secondary N) is 1. The molecular weight excluding hydrogens is 417 g/mol. The van der Waals surface area contributed by atoms with Gasteiger partial charge in [0.1, 0.15) is 12.4 Å². The summed E-state index contributed by atoms with van der Waals surface area (Å²) in [5, 5.41) is 0. The molecule has 8 nitrogen and oxygen atoms in total. The summed E-state index contributed by atoms with van der Waals surface area (Å²) >= 11 is 0. The lowest BCUT2D eigenvalue weighted by Gasteiger charge is -2.09. The highest BCUT2D eigenvalue weighted by atomic mass is 19.4. The number of rotatable bonds is 7. The molecule has 0 saturated carbocycles. The maximum Gasteiger partial charge on any atom is 0.416 e. The first-order chi connectivity index (χ1) is 14.7. The van der Waals surface area contributed by atoms with Gasteiger partial charge >= 0.3 is 17.8 Å². The molecule has 166 valence electrons. The Bertz CT molecular complexity index is 1220. The van der Waals surface area contributed by atoms with Gasteiger partial charge in [0.15, 0.2) is 11.2 Å². The first-order valence-corrected chi connectivity index (χ1v) is 9.74. The van der Waals surface area contributed by atoms with E-state index in [1.165, 1.54) is 15.2 Å². The van der Waals surface area contributed by atoms with Gasteiger partial charge in [-0.2, -0.15) is 13.2 Å². The molecule has 31 heavy (non-hydrogen) atoms. The quantitative estimate of drug-likeness (QED) is 0.572. The van der Waals surface area contributed by atoms with Gasteiger partial charge in [0, 0.05) is 13.1 Å². The molecule has 1 aromatic carbocycles. The Morgan fingerprint density at radius 3 is 2.58 bits per heavy atom. The molecule has 0 radical (unpaired) electrons. The van der Waals surface area contributed by atoms with Crippen molar-refractivity contribution in [3.05, 3.63) is 62.1 Å². The number of halogens is 3. The molecule has 0 saturated heterocycles.